The number of ether oxygens (including phenoxy) is 1. The van der Waals surface area contributed by atoms with Crippen LogP contribution in [0.1, 0.15) is 11.1 Å². The summed E-state index contributed by atoms with van der Waals surface area (Å²) in [6.45, 7) is 0.346. The highest BCUT2D eigenvalue weighted by molar-refractivity contribution is 7.92. The first-order valence-electron chi connectivity index (χ1n) is 7.87. The molecule has 0 bridgehead atoms. The number of hydroxylamine groups is 1. The van der Waals surface area contributed by atoms with Crippen LogP contribution in [0.15, 0.2) is 53.4 Å². The number of hydrogen-bond acceptors (Lipinski definition) is 5. The zero-order valence-corrected chi connectivity index (χ0v) is 14.9. The molecule has 1 aliphatic heterocycles. The number of rotatable bonds is 5. The Morgan fingerprint density at radius 2 is 2.08 bits per heavy atom. The smallest absolute Gasteiger partial charge is 0.267 e. The van der Waals surface area contributed by atoms with Crippen molar-refractivity contribution in [3.05, 3.63) is 59.7 Å². The largest absolute Gasteiger partial charge is 0.497 e. The predicted octanol–water partition coefficient (Wildman–Crippen LogP) is 1.97. The van der Waals surface area contributed by atoms with Crippen molar-refractivity contribution < 1.29 is 23.2 Å². The Morgan fingerprint density at radius 1 is 1.27 bits per heavy atom. The summed E-state index contributed by atoms with van der Waals surface area (Å²) in [5.41, 5.74) is 3.76. The molecule has 2 aromatic rings. The van der Waals surface area contributed by atoms with Crippen LogP contribution >= 0.6 is 0 Å². The fraction of sp³-hybridized carbons (Fsp3) is 0.167. The van der Waals surface area contributed by atoms with E-state index in [0.29, 0.717) is 24.4 Å². The zero-order valence-electron chi connectivity index (χ0n) is 14.0. The van der Waals surface area contributed by atoms with E-state index in [2.05, 4.69) is 0 Å². The number of hydrogen-bond donors (Lipinski definition) is 2. The third-order valence-corrected chi connectivity index (χ3v) is 5.93. The van der Waals surface area contributed by atoms with Crippen LogP contribution in [0.2, 0.25) is 0 Å². The van der Waals surface area contributed by atoms with Gasteiger partial charge in [0.25, 0.3) is 15.9 Å². The SMILES string of the molecule is COc1cccc(S(=O)(=O)N2CCc3cc(/C=C/C(=O)NO)ccc32)c1. The van der Waals surface area contributed by atoms with Gasteiger partial charge in [-0.05, 0) is 47.9 Å². The van der Waals surface area contributed by atoms with Crippen LogP contribution in [0, 0.1) is 0 Å². The van der Waals surface area contributed by atoms with Gasteiger partial charge in [-0.2, -0.15) is 0 Å². The fourth-order valence-electron chi connectivity index (χ4n) is 2.84. The number of anilines is 1. The molecule has 0 aliphatic carbocycles. The van der Waals surface area contributed by atoms with Gasteiger partial charge in [0.15, 0.2) is 0 Å². The van der Waals surface area contributed by atoms with Gasteiger partial charge in [0, 0.05) is 18.7 Å². The highest BCUT2D eigenvalue weighted by Crippen LogP contribution is 2.34. The van der Waals surface area contributed by atoms with Gasteiger partial charge in [-0.1, -0.05) is 12.1 Å². The fourth-order valence-corrected chi connectivity index (χ4v) is 4.38. The highest BCUT2D eigenvalue weighted by atomic mass is 32.2. The first-order chi connectivity index (χ1) is 12.5. The Balaban J connectivity index is 1.91. The van der Waals surface area contributed by atoms with Crippen molar-refractivity contribution in [2.75, 3.05) is 18.0 Å². The Bertz CT molecular complexity index is 969. The Morgan fingerprint density at radius 3 is 2.81 bits per heavy atom. The monoisotopic (exact) mass is 374 g/mol. The number of amides is 1. The quantitative estimate of drug-likeness (QED) is 0.474. The number of nitrogens with zero attached hydrogens (tertiary/aromatic N) is 1. The molecule has 0 saturated heterocycles. The molecular weight excluding hydrogens is 356 g/mol. The minimum atomic E-state index is -3.69. The lowest BCUT2D eigenvalue weighted by Gasteiger charge is -2.20. The number of benzene rings is 2. The van der Waals surface area contributed by atoms with Crippen molar-refractivity contribution in [3.63, 3.8) is 0 Å². The van der Waals surface area contributed by atoms with Crippen molar-refractivity contribution in [1.29, 1.82) is 0 Å². The molecular formula is C18H18N2O5S. The number of carbonyl (C=O) groups is 1. The molecule has 136 valence electrons. The van der Waals surface area contributed by atoms with Gasteiger partial charge in [0.2, 0.25) is 0 Å². The van der Waals surface area contributed by atoms with Crippen LogP contribution in [0.3, 0.4) is 0 Å². The summed E-state index contributed by atoms with van der Waals surface area (Å²) >= 11 is 0. The lowest BCUT2D eigenvalue weighted by atomic mass is 10.1. The highest BCUT2D eigenvalue weighted by Gasteiger charge is 2.31. The Hall–Kier alpha value is -2.84. The first kappa shape index (κ1) is 18.0. The average Bonchev–Trinajstić information content (AvgIpc) is 3.10. The normalized spacial score (nSPS) is 13.7. The van der Waals surface area contributed by atoms with Crippen LogP contribution in [-0.4, -0.2) is 33.2 Å². The van der Waals surface area contributed by atoms with E-state index in [9.17, 15) is 13.2 Å². The molecule has 7 nitrogen and oxygen atoms in total. The molecule has 0 atom stereocenters. The van der Waals surface area contributed by atoms with E-state index < -0.39 is 15.9 Å². The van der Waals surface area contributed by atoms with E-state index >= 15 is 0 Å². The third kappa shape index (κ3) is 3.42. The second-order valence-corrected chi connectivity index (χ2v) is 7.57. The van der Waals surface area contributed by atoms with E-state index in [1.165, 1.54) is 29.0 Å². The maximum absolute atomic E-state index is 13.0. The van der Waals surface area contributed by atoms with Crippen molar-refractivity contribution in [1.82, 2.24) is 5.48 Å². The molecule has 1 heterocycles. The van der Waals surface area contributed by atoms with Crippen LogP contribution in [0.4, 0.5) is 5.69 Å². The summed E-state index contributed by atoms with van der Waals surface area (Å²) in [6.07, 6.45) is 3.32. The predicted molar refractivity (Wildman–Crippen MR) is 96.6 cm³/mol. The third-order valence-electron chi connectivity index (χ3n) is 4.12. The standard InChI is InChI=1S/C18H18N2O5S/c1-25-15-3-2-4-16(12-15)26(23,24)20-10-9-14-11-13(5-7-17(14)20)6-8-18(21)19-22/h2-8,11-12,22H,9-10H2,1H3,(H,19,21)/b8-6+. The van der Waals surface area contributed by atoms with E-state index in [4.69, 9.17) is 9.94 Å². The van der Waals surface area contributed by atoms with Crippen LogP contribution in [0.5, 0.6) is 5.75 Å². The first-order valence-corrected chi connectivity index (χ1v) is 9.31. The van der Waals surface area contributed by atoms with Crippen molar-refractivity contribution in [3.8, 4) is 5.75 Å². The van der Waals surface area contributed by atoms with Crippen molar-refractivity contribution >= 4 is 27.7 Å². The van der Waals surface area contributed by atoms with Gasteiger partial charge in [0.05, 0.1) is 17.7 Å². The maximum Gasteiger partial charge on any atom is 0.267 e. The molecule has 1 aliphatic rings. The number of fused-ring (bicyclic) bond motifs is 1. The minimum Gasteiger partial charge on any atom is -0.497 e. The molecule has 2 aromatic carbocycles. The van der Waals surface area contributed by atoms with Gasteiger partial charge in [-0.15, -0.1) is 0 Å². The summed E-state index contributed by atoms with van der Waals surface area (Å²) in [5, 5.41) is 8.50. The van der Waals surface area contributed by atoms with Crippen LogP contribution in [0.25, 0.3) is 6.08 Å². The Labute approximate surface area is 151 Å². The molecule has 0 fully saturated rings. The zero-order chi connectivity index (χ0) is 18.7. The molecule has 1 amide bonds. The average molecular weight is 374 g/mol. The summed E-state index contributed by atoms with van der Waals surface area (Å²) in [7, 11) is -2.20. The molecule has 26 heavy (non-hydrogen) atoms. The summed E-state index contributed by atoms with van der Waals surface area (Å²) in [6, 6.07) is 11.6. The van der Waals surface area contributed by atoms with Gasteiger partial charge in [-0.3, -0.25) is 14.3 Å². The van der Waals surface area contributed by atoms with Gasteiger partial charge in [0.1, 0.15) is 5.75 Å². The van der Waals surface area contributed by atoms with E-state index in [1.54, 1.807) is 36.4 Å². The summed E-state index contributed by atoms with van der Waals surface area (Å²) in [4.78, 5) is 11.2. The number of nitrogens with one attached hydrogen (secondary N) is 1. The van der Waals surface area contributed by atoms with Crippen LogP contribution < -0.4 is 14.5 Å². The lowest BCUT2D eigenvalue weighted by Crippen LogP contribution is -2.29. The lowest BCUT2D eigenvalue weighted by molar-refractivity contribution is -0.124. The van der Waals surface area contributed by atoms with Gasteiger partial charge < -0.3 is 4.74 Å². The maximum atomic E-state index is 13.0. The molecule has 0 radical (unpaired) electrons. The van der Waals surface area contributed by atoms with Crippen molar-refractivity contribution in [2.45, 2.75) is 11.3 Å². The van der Waals surface area contributed by atoms with Crippen LogP contribution in [-0.2, 0) is 21.2 Å². The summed E-state index contributed by atoms with van der Waals surface area (Å²) in [5.74, 6) is -0.152. The number of carbonyl (C=O) groups excluding carboxylic acids is 1. The van der Waals surface area contributed by atoms with E-state index in [0.717, 1.165) is 11.1 Å². The molecule has 2 N–H and O–H groups in total. The second kappa shape index (κ2) is 7.19. The van der Waals surface area contributed by atoms with Crippen molar-refractivity contribution in [2.24, 2.45) is 0 Å². The number of methoxy groups -OCH3 is 1. The van der Waals surface area contributed by atoms with E-state index in [-0.39, 0.29) is 4.90 Å². The Kier molecular flexibility index (Phi) is 4.97. The summed E-state index contributed by atoms with van der Waals surface area (Å²) < 4.78 is 32.5. The number of sulfonamides is 1. The molecule has 0 unspecified atom stereocenters. The van der Waals surface area contributed by atoms with Gasteiger partial charge >= 0.3 is 0 Å². The molecule has 8 heteroatoms. The second-order valence-electron chi connectivity index (χ2n) is 5.70. The van der Waals surface area contributed by atoms with Gasteiger partial charge in [-0.25, -0.2) is 13.9 Å². The minimum absolute atomic E-state index is 0.174. The molecule has 3 rings (SSSR count). The molecule has 0 aromatic heterocycles. The van der Waals surface area contributed by atoms with E-state index in [1.807, 2.05) is 6.07 Å². The molecule has 0 saturated carbocycles. The topological polar surface area (TPSA) is 95.9 Å². The molecule has 0 spiro atoms.